The predicted octanol–water partition coefficient (Wildman–Crippen LogP) is 3.62. The number of nitrogens with zero attached hydrogens (tertiary/aromatic N) is 3. The van der Waals surface area contributed by atoms with Gasteiger partial charge in [0.2, 0.25) is 5.95 Å². The maximum absolute atomic E-state index is 10.6. The van der Waals surface area contributed by atoms with Gasteiger partial charge in [0.1, 0.15) is 5.82 Å². The molecule has 0 aliphatic carbocycles. The van der Waals surface area contributed by atoms with E-state index in [1.54, 1.807) is 6.20 Å². The molecule has 2 saturated heterocycles. The van der Waals surface area contributed by atoms with Gasteiger partial charge in [-0.1, -0.05) is 0 Å². The number of halogens is 4. The molecule has 0 saturated carbocycles. The van der Waals surface area contributed by atoms with E-state index in [0.29, 0.717) is 5.95 Å². The van der Waals surface area contributed by atoms with Crippen molar-refractivity contribution in [3.63, 3.8) is 0 Å². The number of carboxylic acids is 1. The van der Waals surface area contributed by atoms with Crippen molar-refractivity contribution in [2.24, 2.45) is 0 Å². The molecule has 1 unspecified atom stereocenters. The topological polar surface area (TPSA) is 112 Å². The molecule has 186 valence electrons. The maximum Gasteiger partial charge on any atom is 0.490 e. The zero-order chi connectivity index (χ0) is 24.6. The third kappa shape index (κ3) is 7.99. The Kier molecular flexibility index (Phi) is 9.30. The lowest BCUT2D eigenvalue weighted by molar-refractivity contribution is -0.192. The molecule has 1 aromatic heterocycles. The van der Waals surface area contributed by atoms with Crippen molar-refractivity contribution in [1.82, 2.24) is 15.3 Å². The number of alkyl halides is 3. The summed E-state index contributed by atoms with van der Waals surface area (Å²) >= 11 is 3.51. The van der Waals surface area contributed by atoms with Crippen LogP contribution in [0.2, 0.25) is 0 Å². The number of anilines is 4. The van der Waals surface area contributed by atoms with Gasteiger partial charge in [0, 0.05) is 56.9 Å². The van der Waals surface area contributed by atoms with Gasteiger partial charge in [0.25, 0.3) is 0 Å². The highest BCUT2D eigenvalue weighted by Gasteiger charge is 2.38. The summed E-state index contributed by atoms with van der Waals surface area (Å²) in [5.74, 6) is -1.41. The van der Waals surface area contributed by atoms with Crippen LogP contribution < -0.4 is 20.9 Å². The predicted molar refractivity (Wildman–Crippen MR) is 126 cm³/mol. The number of piperazine rings is 1. The average molecular weight is 547 g/mol. The molecule has 4 rings (SSSR count). The molecule has 2 aliphatic rings. The fourth-order valence-electron chi connectivity index (χ4n) is 3.37. The van der Waals surface area contributed by atoms with Crippen LogP contribution >= 0.6 is 15.9 Å². The summed E-state index contributed by atoms with van der Waals surface area (Å²) < 4.78 is 38.2. The molecule has 2 aliphatic heterocycles. The van der Waals surface area contributed by atoms with Crippen molar-refractivity contribution in [2.75, 3.05) is 54.9 Å². The molecule has 0 amide bonds. The van der Waals surface area contributed by atoms with E-state index >= 15 is 0 Å². The second-order valence-corrected chi connectivity index (χ2v) is 8.47. The number of hydrogen-bond donors (Lipinski definition) is 4. The Morgan fingerprint density at radius 1 is 1.26 bits per heavy atom. The zero-order valence-corrected chi connectivity index (χ0v) is 19.8. The maximum atomic E-state index is 10.6. The van der Waals surface area contributed by atoms with E-state index < -0.39 is 12.1 Å². The van der Waals surface area contributed by atoms with Gasteiger partial charge >= 0.3 is 12.1 Å². The second kappa shape index (κ2) is 12.2. The molecule has 1 aromatic carbocycles. The normalized spacial score (nSPS) is 18.1. The van der Waals surface area contributed by atoms with Crippen molar-refractivity contribution in [2.45, 2.75) is 25.1 Å². The van der Waals surface area contributed by atoms with Gasteiger partial charge in [-0.15, -0.1) is 0 Å². The molecule has 0 bridgehead atoms. The Balaban J connectivity index is 0.000000406. The van der Waals surface area contributed by atoms with Crippen LogP contribution in [0.15, 0.2) is 34.9 Å². The van der Waals surface area contributed by atoms with Crippen molar-refractivity contribution >= 4 is 45.0 Å². The molecule has 0 spiro atoms. The Bertz CT molecular complexity index is 936. The van der Waals surface area contributed by atoms with Crippen LogP contribution in [0.5, 0.6) is 0 Å². The SMILES string of the molecule is Brc1cnc(Nc2ccc(N3CCNCC3)cc2)nc1NCC1CCCO1.O=C(O)C(F)(F)F. The lowest BCUT2D eigenvalue weighted by Crippen LogP contribution is -2.43. The first kappa shape index (κ1) is 26.0. The van der Waals surface area contributed by atoms with Crippen LogP contribution in [0.3, 0.4) is 0 Å². The monoisotopic (exact) mass is 546 g/mol. The Labute approximate surface area is 203 Å². The average Bonchev–Trinajstić information content (AvgIpc) is 3.34. The number of carbonyl (C=O) groups is 1. The summed E-state index contributed by atoms with van der Waals surface area (Å²) in [4.78, 5) is 20.2. The van der Waals surface area contributed by atoms with Gasteiger partial charge in [0.05, 0.1) is 10.6 Å². The second-order valence-electron chi connectivity index (χ2n) is 7.62. The molecule has 2 aromatic rings. The molecule has 13 heteroatoms. The van der Waals surface area contributed by atoms with E-state index in [-0.39, 0.29) is 6.10 Å². The van der Waals surface area contributed by atoms with Crippen molar-refractivity contribution < 1.29 is 27.8 Å². The van der Waals surface area contributed by atoms with Gasteiger partial charge in [-0.05, 0) is 53.0 Å². The van der Waals surface area contributed by atoms with E-state index in [0.717, 1.165) is 68.2 Å². The van der Waals surface area contributed by atoms with Crippen LogP contribution in [-0.4, -0.2) is 72.7 Å². The molecule has 0 radical (unpaired) electrons. The Morgan fingerprint density at radius 2 is 1.94 bits per heavy atom. The van der Waals surface area contributed by atoms with Crippen LogP contribution in [0, 0.1) is 0 Å². The van der Waals surface area contributed by atoms with Crippen LogP contribution in [0.25, 0.3) is 0 Å². The summed E-state index contributed by atoms with van der Waals surface area (Å²) in [7, 11) is 0. The largest absolute Gasteiger partial charge is 0.490 e. The minimum Gasteiger partial charge on any atom is -0.475 e. The first-order valence-corrected chi connectivity index (χ1v) is 11.5. The standard InChI is InChI=1S/C19H25BrN6O.C2HF3O2/c20-17-13-23-19(25-18(17)22-12-16-2-1-11-27-16)24-14-3-5-15(6-4-14)26-9-7-21-8-10-26;3-2(4,5)1(6)7/h3-6,13,16,21H,1-2,7-12H2,(H2,22,23,24,25);(H,6,7). The summed E-state index contributed by atoms with van der Waals surface area (Å²) in [6, 6.07) is 8.43. The number of aliphatic carboxylic acids is 1. The molecule has 2 fully saturated rings. The van der Waals surface area contributed by atoms with Gasteiger partial charge in [-0.25, -0.2) is 9.78 Å². The Morgan fingerprint density at radius 3 is 2.53 bits per heavy atom. The molecule has 9 nitrogen and oxygen atoms in total. The van der Waals surface area contributed by atoms with Gasteiger partial charge in [0.15, 0.2) is 0 Å². The highest BCUT2D eigenvalue weighted by molar-refractivity contribution is 9.10. The van der Waals surface area contributed by atoms with Crippen molar-refractivity contribution in [1.29, 1.82) is 0 Å². The van der Waals surface area contributed by atoms with E-state index in [2.05, 4.69) is 71.0 Å². The number of rotatable bonds is 6. The summed E-state index contributed by atoms with van der Waals surface area (Å²) in [5, 5.41) is 17.1. The minimum absolute atomic E-state index is 0.265. The molecule has 34 heavy (non-hydrogen) atoms. The first-order chi connectivity index (χ1) is 16.2. The molecule has 4 N–H and O–H groups in total. The summed E-state index contributed by atoms with van der Waals surface area (Å²) in [6.07, 6.45) is -0.822. The third-order valence-electron chi connectivity index (χ3n) is 5.11. The summed E-state index contributed by atoms with van der Waals surface area (Å²) in [6.45, 7) is 5.77. The molecular weight excluding hydrogens is 521 g/mol. The minimum atomic E-state index is -5.08. The fraction of sp³-hybridized carbons (Fsp3) is 0.476. The van der Waals surface area contributed by atoms with E-state index in [9.17, 15) is 13.2 Å². The number of nitrogens with one attached hydrogen (secondary N) is 3. The van der Waals surface area contributed by atoms with Crippen LogP contribution in [0.4, 0.5) is 36.3 Å². The summed E-state index contributed by atoms with van der Waals surface area (Å²) in [5.41, 5.74) is 2.22. The van der Waals surface area contributed by atoms with Crippen LogP contribution in [-0.2, 0) is 9.53 Å². The number of aromatic nitrogens is 2. The Hall–Kier alpha value is -2.64. The van der Waals surface area contributed by atoms with Gasteiger partial charge in [-0.2, -0.15) is 18.2 Å². The lowest BCUT2D eigenvalue weighted by Gasteiger charge is -2.29. The molecule has 1 atom stereocenters. The molecular formula is C21H26BrF3N6O3. The van der Waals surface area contributed by atoms with Crippen LogP contribution in [0.1, 0.15) is 12.8 Å². The number of carboxylic acid groups (broad SMARTS) is 1. The van der Waals surface area contributed by atoms with Gasteiger partial charge < -0.3 is 30.7 Å². The third-order valence-corrected chi connectivity index (χ3v) is 5.69. The van der Waals surface area contributed by atoms with E-state index in [1.165, 1.54) is 5.69 Å². The first-order valence-electron chi connectivity index (χ1n) is 10.7. The van der Waals surface area contributed by atoms with Crippen molar-refractivity contribution in [3.8, 4) is 0 Å². The highest BCUT2D eigenvalue weighted by atomic mass is 79.9. The number of ether oxygens (including phenoxy) is 1. The fourth-order valence-corrected chi connectivity index (χ4v) is 3.71. The molecule has 3 heterocycles. The van der Waals surface area contributed by atoms with Gasteiger partial charge in [-0.3, -0.25) is 0 Å². The van der Waals surface area contributed by atoms with E-state index in [4.69, 9.17) is 14.6 Å². The van der Waals surface area contributed by atoms with E-state index in [1.807, 2.05) is 0 Å². The lowest BCUT2D eigenvalue weighted by atomic mass is 10.2. The zero-order valence-electron chi connectivity index (χ0n) is 18.2. The number of benzene rings is 1. The number of hydrogen-bond acceptors (Lipinski definition) is 8. The highest BCUT2D eigenvalue weighted by Crippen LogP contribution is 2.24. The quantitative estimate of drug-likeness (QED) is 0.431. The van der Waals surface area contributed by atoms with Crippen molar-refractivity contribution in [3.05, 3.63) is 34.9 Å². The smallest absolute Gasteiger partial charge is 0.475 e.